The van der Waals surface area contributed by atoms with Gasteiger partial charge in [0.15, 0.2) is 10.1 Å². The van der Waals surface area contributed by atoms with Crippen molar-refractivity contribution in [3.05, 3.63) is 62.4 Å². The predicted octanol–water partition coefficient (Wildman–Crippen LogP) is 3.92. The van der Waals surface area contributed by atoms with Crippen molar-refractivity contribution in [2.75, 3.05) is 5.32 Å². The maximum absolute atomic E-state index is 12.1. The van der Waals surface area contributed by atoms with E-state index in [-0.39, 0.29) is 5.69 Å². The summed E-state index contributed by atoms with van der Waals surface area (Å²) in [5.74, 6) is -0.417. The van der Waals surface area contributed by atoms with Crippen LogP contribution >= 0.6 is 22.9 Å². The summed E-state index contributed by atoms with van der Waals surface area (Å²) < 4.78 is 1.77. The Morgan fingerprint density at radius 1 is 1.50 bits per heavy atom. The van der Waals surface area contributed by atoms with E-state index in [0.29, 0.717) is 16.5 Å². The lowest BCUT2D eigenvalue weighted by Crippen LogP contribution is -2.09. The number of thiazole rings is 1. The molecule has 0 fully saturated rings. The maximum atomic E-state index is 12.1. The number of anilines is 1. The summed E-state index contributed by atoms with van der Waals surface area (Å²) in [5, 5.41) is 15.6. The zero-order chi connectivity index (χ0) is 17.3. The Morgan fingerprint density at radius 3 is 3.04 bits per heavy atom. The van der Waals surface area contributed by atoms with Gasteiger partial charge < -0.3 is 5.32 Å². The molecule has 3 rings (SSSR count). The number of nitro groups is 1. The number of aromatic nitrogens is 2. The molecular weight excluding hydrogens is 352 g/mol. The van der Waals surface area contributed by atoms with Crippen LogP contribution in [-0.2, 0) is 4.79 Å². The van der Waals surface area contributed by atoms with Crippen molar-refractivity contribution >= 4 is 51.3 Å². The van der Waals surface area contributed by atoms with Crippen LogP contribution in [0.5, 0.6) is 0 Å². The number of hydrogen-bond donors (Lipinski definition) is 1. The van der Waals surface area contributed by atoms with E-state index in [0.717, 1.165) is 10.5 Å². The van der Waals surface area contributed by atoms with Crippen LogP contribution in [-0.4, -0.2) is 20.2 Å². The molecule has 1 aromatic carbocycles. The maximum Gasteiger partial charge on any atom is 0.271 e. The highest BCUT2D eigenvalue weighted by molar-refractivity contribution is 7.15. The molecular formula is C15H11ClN4O3S. The second-order valence-corrected chi connectivity index (χ2v) is 6.15. The van der Waals surface area contributed by atoms with Gasteiger partial charge in [0.2, 0.25) is 5.91 Å². The Balaban J connectivity index is 1.81. The Bertz CT molecular complexity index is 976. The van der Waals surface area contributed by atoms with E-state index in [1.54, 1.807) is 29.7 Å². The fourth-order valence-electron chi connectivity index (χ4n) is 2.11. The number of carbonyl (C=O) groups excluding carboxylic acids is 1. The van der Waals surface area contributed by atoms with E-state index in [4.69, 9.17) is 11.6 Å². The molecule has 1 N–H and O–H groups in total. The van der Waals surface area contributed by atoms with Crippen LogP contribution in [0.2, 0.25) is 5.15 Å². The van der Waals surface area contributed by atoms with E-state index in [1.807, 2.05) is 5.38 Å². The van der Waals surface area contributed by atoms with Crippen LogP contribution in [0.1, 0.15) is 11.3 Å². The summed E-state index contributed by atoms with van der Waals surface area (Å²) in [4.78, 5) is 27.3. The van der Waals surface area contributed by atoms with Gasteiger partial charge in [-0.1, -0.05) is 17.7 Å². The van der Waals surface area contributed by atoms with E-state index < -0.39 is 10.8 Å². The third-order valence-electron chi connectivity index (χ3n) is 3.34. The zero-order valence-electron chi connectivity index (χ0n) is 12.4. The fourth-order valence-corrected chi connectivity index (χ4v) is 3.12. The van der Waals surface area contributed by atoms with Gasteiger partial charge in [-0.05, 0) is 18.6 Å². The Morgan fingerprint density at radius 2 is 2.29 bits per heavy atom. The van der Waals surface area contributed by atoms with Gasteiger partial charge in [0.05, 0.1) is 16.3 Å². The van der Waals surface area contributed by atoms with Crippen LogP contribution in [0.3, 0.4) is 0 Å². The van der Waals surface area contributed by atoms with Gasteiger partial charge in [0.25, 0.3) is 5.69 Å². The molecule has 7 nitrogen and oxygen atoms in total. The molecule has 122 valence electrons. The van der Waals surface area contributed by atoms with Crippen molar-refractivity contribution in [3.63, 3.8) is 0 Å². The van der Waals surface area contributed by atoms with Crippen LogP contribution in [0.4, 0.5) is 11.4 Å². The van der Waals surface area contributed by atoms with Crippen LogP contribution < -0.4 is 5.32 Å². The molecule has 0 atom stereocenters. The molecule has 3 aromatic rings. The number of imidazole rings is 1. The molecule has 2 aromatic heterocycles. The standard InChI is InChI=1S/C15H11ClN4O3S/c1-9-2-3-10(20(22)23)8-11(9)17-13(21)5-4-12-14(16)18-15-19(12)6-7-24-15/h2-8H,1H3,(H,17,21)/b5-4+. The first-order chi connectivity index (χ1) is 11.5. The Labute approximate surface area is 145 Å². The van der Waals surface area contributed by atoms with E-state index in [2.05, 4.69) is 10.3 Å². The lowest BCUT2D eigenvalue weighted by molar-refractivity contribution is -0.384. The first kappa shape index (κ1) is 16.2. The number of nitrogens with one attached hydrogen (secondary N) is 1. The second-order valence-electron chi connectivity index (χ2n) is 4.92. The predicted molar refractivity (Wildman–Crippen MR) is 93.6 cm³/mol. The van der Waals surface area contributed by atoms with Gasteiger partial charge >= 0.3 is 0 Å². The summed E-state index contributed by atoms with van der Waals surface area (Å²) in [6, 6.07) is 4.30. The third-order valence-corrected chi connectivity index (χ3v) is 4.37. The number of nitrogens with zero attached hydrogens (tertiary/aromatic N) is 3. The van der Waals surface area contributed by atoms with Gasteiger partial charge in [-0.2, -0.15) is 0 Å². The molecule has 1 amide bonds. The highest BCUT2D eigenvalue weighted by Gasteiger charge is 2.11. The molecule has 0 saturated heterocycles. The number of amides is 1. The third kappa shape index (κ3) is 3.15. The average Bonchev–Trinajstić information content (AvgIpc) is 3.08. The molecule has 0 saturated carbocycles. The van der Waals surface area contributed by atoms with Crippen molar-refractivity contribution in [1.29, 1.82) is 0 Å². The van der Waals surface area contributed by atoms with Crippen molar-refractivity contribution < 1.29 is 9.72 Å². The van der Waals surface area contributed by atoms with Crippen molar-refractivity contribution in [3.8, 4) is 0 Å². The smallest absolute Gasteiger partial charge is 0.271 e. The van der Waals surface area contributed by atoms with Crippen molar-refractivity contribution in [2.24, 2.45) is 0 Å². The number of rotatable bonds is 4. The Hall–Kier alpha value is -2.71. The number of carbonyl (C=O) groups is 1. The number of hydrogen-bond acceptors (Lipinski definition) is 5. The number of aryl methyl sites for hydroxylation is 1. The minimum absolute atomic E-state index is 0.0845. The number of halogens is 1. The molecule has 0 radical (unpaired) electrons. The van der Waals surface area contributed by atoms with Crippen LogP contribution in [0, 0.1) is 17.0 Å². The summed E-state index contributed by atoms with van der Waals surface area (Å²) in [6.45, 7) is 1.76. The molecule has 0 aliphatic heterocycles. The van der Waals surface area contributed by atoms with E-state index in [1.165, 1.54) is 29.5 Å². The van der Waals surface area contributed by atoms with Crippen LogP contribution in [0.15, 0.2) is 35.9 Å². The van der Waals surface area contributed by atoms with Gasteiger partial charge in [0, 0.05) is 29.8 Å². The highest BCUT2D eigenvalue weighted by atomic mass is 35.5. The van der Waals surface area contributed by atoms with Crippen molar-refractivity contribution in [2.45, 2.75) is 6.92 Å². The summed E-state index contributed by atoms with van der Waals surface area (Å²) in [7, 11) is 0. The normalized spacial score (nSPS) is 11.2. The lowest BCUT2D eigenvalue weighted by Gasteiger charge is -2.05. The lowest BCUT2D eigenvalue weighted by atomic mass is 10.2. The molecule has 0 bridgehead atoms. The van der Waals surface area contributed by atoms with E-state index >= 15 is 0 Å². The van der Waals surface area contributed by atoms with E-state index in [9.17, 15) is 14.9 Å². The molecule has 0 unspecified atom stereocenters. The monoisotopic (exact) mass is 362 g/mol. The molecule has 0 aliphatic rings. The van der Waals surface area contributed by atoms with Gasteiger partial charge in [-0.3, -0.25) is 19.3 Å². The number of fused-ring (bicyclic) bond motifs is 1. The summed E-state index contributed by atoms with van der Waals surface area (Å²) >= 11 is 7.48. The van der Waals surface area contributed by atoms with Gasteiger partial charge in [0.1, 0.15) is 0 Å². The molecule has 0 spiro atoms. The molecule has 24 heavy (non-hydrogen) atoms. The quantitative estimate of drug-likeness (QED) is 0.432. The fraction of sp³-hybridized carbons (Fsp3) is 0.0667. The van der Waals surface area contributed by atoms with Crippen LogP contribution in [0.25, 0.3) is 11.0 Å². The Kier molecular flexibility index (Phi) is 4.32. The first-order valence-electron chi connectivity index (χ1n) is 6.81. The van der Waals surface area contributed by atoms with Gasteiger partial charge in [-0.15, -0.1) is 11.3 Å². The number of benzene rings is 1. The van der Waals surface area contributed by atoms with Gasteiger partial charge in [-0.25, -0.2) is 4.98 Å². The number of non-ortho nitro benzene ring substituents is 1. The summed E-state index contributed by atoms with van der Waals surface area (Å²) in [5.41, 5.74) is 1.63. The number of nitro benzene ring substituents is 1. The largest absolute Gasteiger partial charge is 0.322 e. The zero-order valence-corrected chi connectivity index (χ0v) is 14.0. The minimum Gasteiger partial charge on any atom is -0.322 e. The molecule has 0 aliphatic carbocycles. The second kappa shape index (κ2) is 6.42. The van der Waals surface area contributed by atoms with Crippen molar-refractivity contribution in [1.82, 2.24) is 9.38 Å². The highest BCUT2D eigenvalue weighted by Crippen LogP contribution is 2.23. The molecule has 2 heterocycles. The minimum atomic E-state index is -0.510. The summed E-state index contributed by atoms with van der Waals surface area (Å²) in [6.07, 6.45) is 4.67. The first-order valence-corrected chi connectivity index (χ1v) is 8.06. The average molecular weight is 363 g/mol. The SMILES string of the molecule is Cc1ccc([N+](=O)[O-])cc1NC(=O)/C=C/c1c(Cl)nc2sccn12. The topological polar surface area (TPSA) is 89.5 Å². The molecule has 9 heteroatoms.